The third-order valence-electron chi connectivity index (χ3n) is 7.62. The SMILES string of the molecule is CC(C)(C)Cc1cc(-c2cccc(-c3cc(CC(C)(C)C)cc(C(C)(C)C)c3)c2C(C)(C)C)cc(C(C)(C)C)c1. The summed E-state index contributed by atoms with van der Waals surface area (Å²) >= 11 is 0. The fraction of sp³-hybridized carbons (Fsp3) is 0.550. The van der Waals surface area contributed by atoms with Crippen LogP contribution in [0.4, 0.5) is 0 Å². The minimum atomic E-state index is -0.0181. The molecule has 0 aliphatic rings. The topological polar surface area (TPSA) is 0 Å². The van der Waals surface area contributed by atoms with E-state index < -0.39 is 0 Å². The van der Waals surface area contributed by atoms with Crippen molar-refractivity contribution in [1.29, 1.82) is 0 Å². The maximum atomic E-state index is 2.46. The van der Waals surface area contributed by atoms with E-state index in [4.69, 9.17) is 0 Å². The predicted molar refractivity (Wildman–Crippen MR) is 180 cm³/mol. The van der Waals surface area contributed by atoms with Crippen LogP contribution in [-0.2, 0) is 29.1 Å². The Morgan fingerprint density at radius 1 is 0.425 bits per heavy atom. The van der Waals surface area contributed by atoms with Gasteiger partial charge in [0.1, 0.15) is 0 Å². The van der Waals surface area contributed by atoms with E-state index in [1.54, 1.807) is 0 Å². The van der Waals surface area contributed by atoms with Gasteiger partial charge < -0.3 is 0 Å². The van der Waals surface area contributed by atoms with Gasteiger partial charge in [-0.15, -0.1) is 0 Å². The summed E-state index contributed by atoms with van der Waals surface area (Å²) in [4.78, 5) is 0. The van der Waals surface area contributed by atoms with Gasteiger partial charge >= 0.3 is 0 Å². The molecule has 0 saturated heterocycles. The van der Waals surface area contributed by atoms with Crippen molar-refractivity contribution in [2.24, 2.45) is 10.8 Å². The van der Waals surface area contributed by atoms with Crippen LogP contribution in [0.3, 0.4) is 0 Å². The van der Waals surface area contributed by atoms with E-state index in [-0.39, 0.29) is 27.1 Å². The van der Waals surface area contributed by atoms with Gasteiger partial charge in [-0.1, -0.05) is 158 Å². The van der Waals surface area contributed by atoms with Crippen LogP contribution in [0.1, 0.15) is 132 Å². The quantitative estimate of drug-likeness (QED) is 0.310. The Kier molecular flexibility index (Phi) is 8.70. The minimum absolute atomic E-state index is 0.0181. The van der Waals surface area contributed by atoms with E-state index in [0.29, 0.717) is 0 Å². The molecule has 0 saturated carbocycles. The first-order valence-electron chi connectivity index (χ1n) is 15.4. The van der Waals surface area contributed by atoms with Crippen LogP contribution in [0.25, 0.3) is 22.3 Å². The van der Waals surface area contributed by atoms with Crippen molar-refractivity contribution >= 4 is 0 Å². The highest BCUT2D eigenvalue weighted by atomic mass is 14.3. The van der Waals surface area contributed by atoms with Crippen LogP contribution < -0.4 is 0 Å². The lowest BCUT2D eigenvalue weighted by atomic mass is 9.74. The Morgan fingerprint density at radius 2 is 0.775 bits per heavy atom. The van der Waals surface area contributed by atoms with E-state index >= 15 is 0 Å². The van der Waals surface area contributed by atoms with Crippen molar-refractivity contribution < 1.29 is 0 Å². The van der Waals surface area contributed by atoms with Gasteiger partial charge in [-0.3, -0.25) is 0 Å². The molecule has 3 aromatic rings. The zero-order chi connectivity index (χ0) is 30.5. The third kappa shape index (κ3) is 8.34. The van der Waals surface area contributed by atoms with Gasteiger partial charge in [0.05, 0.1) is 0 Å². The summed E-state index contributed by atoms with van der Waals surface area (Å²) in [7, 11) is 0. The second-order valence-electron chi connectivity index (χ2n) is 17.8. The molecule has 0 amide bonds. The molecule has 0 spiro atoms. The van der Waals surface area contributed by atoms with E-state index in [0.717, 1.165) is 12.8 Å². The molecule has 0 fully saturated rings. The van der Waals surface area contributed by atoms with Gasteiger partial charge in [-0.2, -0.15) is 0 Å². The van der Waals surface area contributed by atoms with Crippen molar-refractivity contribution in [2.75, 3.05) is 0 Å². The zero-order valence-corrected chi connectivity index (χ0v) is 28.6. The third-order valence-corrected chi connectivity index (χ3v) is 7.62. The van der Waals surface area contributed by atoms with E-state index in [1.165, 1.54) is 50.1 Å². The smallest absolute Gasteiger partial charge is 0.0120 e. The fourth-order valence-corrected chi connectivity index (χ4v) is 5.83. The number of benzene rings is 3. The average molecular weight is 539 g/mol. The van der Waals surface area contributed by atoms with Crippen LogP contribution in [-0.4, -0.2) is 0 Å². The molecule has 0 N–H and O–H groups in total. The molecule has 0 radical (unpaired) electrons. The summed E-state index contributed by atoms with van der Waals surface area (Å²) in [5, 5.41) is 0. The van der Waals surface area contributed by atoms with Crippen LogP contribution in [0.5, 0.6) is 0 Å². The van der Waals surface area contributed by atoms with Crippen LogP contribution in [0.15, 0.2) is 54.6 Å². The van der Waals surface area contributed by atoms with Crippen LogP contribution >= 0.6 is 0 Å². The monoisotopic (exact) mass is 538 g/mol. The van der Waals surface area contributed by atoms with Gasteiger partial charge in [0, 0.05) is 0 Å². The molecular weight excluding hydrogens is 480 g/mol. The van der Waals surface area contributed by atoms with Crippen molar-refractivity contribution in [3.8, 4) is 22.3 Å². The summed E-state index contributed by atoms with van der Waals surface area (Å²) in [6.07, 6.45) is 2.14. The van der Waals surface area contributed by atoms with Crippen molar-refractivity contribution in [1.82, 2.24) is 0 Å². The molecule has 40 heavy (non-hydrogen) atoms. The van der Waals surface area contributed by atoms with Crippen LogP contribution in [0, 0.1) is 10.8 Å². The Balaban J connectivity index is 2.38. The van der Waals surface area contributed by atoms with Gasteiger partial charge in [-0.25, -0.2) is 0 Å². The number of hydrogen-bond acceptors (Lipinski definition) is 0. The summed E-state index contributed by atoms with van der Waals surface area (Å²) in [6.45, 7) is 35.2. The molecule has 0 atom stereocenters. The standard InChI is InChI=1S/C40H58/c1-36(2,3)25-27-19-29(23-31(21-27)38(7,8)9)33-17-16-18-34(35(33)40(13,14)15)30-20-28(26-37(4,5)6)22-32(24-30)39(10,11)12/h16-24H,25-26H2,1-15H3. The van der Waals surface area contributed by atoms with Crippen molar-refractivity contribution in [3.05, 3.63) is 82.4 Å². The lowest BCUT2D eigenvalue weighted by molar-refractivity contribution is 0.410. The zero-order valence-electron chi connectivity index (χ0n) is 28.6. The van der Waals surface area contributed by atoms with Gasteiger partial charge in [0.25, 0.3) is 0 Å². The predicted octanol–water partition coefficient (Wildman–Crippen LogP) is 12.1. The van der Waals surface area contributed by atoms with Gasteiger partial charge in [0.2, 0.25) is 0 Å². The lowest BCUT2D eigenvalue weighted by Gasteiger charge is -2.30. The second kappa shape index (κ2) is 10.8. The molecule has 0 unspecified atom stereocenters. The number of rotatable bonds is 4. The maximum Gasteiger partial charge on any atom is -0.0120 e. The first-order chi connectivity index (χ1) is 17.9. The molecule has 3 aromatic carbocycles. The largest absolute Gasteiger partial charge is 0.0610 e. The minimum Gasteiger partial charge on any atom is -0.0610 e. The fourth-order valence-electron chi connectivity index (χ4n) is 5.83. The first-order valence-corrected chi connectivity index (χ1v) is 15.4. The number of hydrogen-bond donors (Lipinski definition) is 0. The average Bonchev–Trinajstić information content (AvgIpc) is 2.74. The highest BCUT2D eigenvalue weighted by molar-refractivity contribution is 5.81. The summed E-state index contributed by atoms with van der Waals surface area (Å²) in [6, 6.07) is 21.7. The molecule has 0 heterocycles. The van der Waals surface area contributed by atoms with Gasteiger partial charge in [0.15, 0.2) is 0 Å². The lowest BCUT2D eigenvalue weighted by Crippen LogP contribution is -2.17. The second-order valence-corrected chi connectivity index (χ2v) is 17.8. The first kappa shape index (κ1) is 32.2. The summed E-state index contributed by atoms with van der Waals surface area (Å²) in [5.41, 5.74) is 13.2. The van der Waals surface area contributed by atoms with E-state index in [9.17, 15) is 0 Å². The van der Waals surface area contributed by atoms with Gasteiger partial charge in [-0.05, 0) is 90.0 Å². The Morgan fingerprint density at radius 3 is 1.05 bits per heavy atom. The molecule has 0 aliphatic heterocycles. The molecule has 0 aliphatic carbocycles. The molecule has 218 valence electrons. The molecule has 3 rings (SSSR count). The summed E-state index contributed by atoms with van der Waals surface area (Å²) < 4.78 is 0. The maximum absolute atomic E-state index is 2.46. The van der Waals surface area contributed by atoms with Crippen molar-refractivity contribution in [3.63, 3.8) is 0 Å². The van der Waals surface area contributed by atoms with E-state index in [1.807, 2.05) is 0 Å². The molecule has 0 bridgehead atoms. The Labute approximate surface area is 248 Å². The highest BCUT2D eigenvalue weighted by Gasteiger charge is 2.27. The summed E-state index contributed by atoms with van der Waals surface area (Å²) in [5.74, 6) is 0. The van der Waals surface area contributed by atoms with E-state index in [2.05, 4.69) is 158 Å². The van der Waals surface area contributed by atoms with Crippen molar-refractivity contribution in [2.45, 2.75) is 133 Å². The van der Waals surface area contributed by atoms with Crippen LogP contribution in [0.2, 0.25) is 0 Å². The molecule has 0 aromatic heterocycles. The molecular formula is C40H58. The highest BCUT2D eigenvalue weighted by Crippen LogP contribution is 2.43. The Hall–Kier alpha value is -2.34. The molecule has 0 heteroatoms. The normalized spacial score (nSPS) is 13.6. The molecule has 0 nitrogen and oxygen atoms in total. The Bertz CT molecular complexity index is 1230.